The molecule has 0 atom stereocenters. The van der Waals surface area contributed by atoms with Crippen molar-refractivity contribution in [3.8, 4) is 5.82 Å². The number of aromatic nitrogens is 4. The van der Waals surface area contributed by atoms with Gasteiger partial charge in [0.2, 0.25) is 0 Å². The first-order valence-electron chi connectivity index (χ1n) is 7.17. The van der Waals surface area contributed by atoms with E-state index in [1.54, 1.807) is 10.9 Å². The number of rotatable bonds is 2. The van der Waals surface area contributed by atoms with Crippen LogP contribution in [0.5, 0.6) is 0 Å². The maximum absolute atomic E-state index is 4.80. The van der Waals surface area contributed by atoms with Crippen molar-refractivity contribution in [2.24, 2.45) is 0 Å². The van der Waals surface area contributed by atoms with E-state index in [9.17, 15) is 0 Å². The van der Waals surface area contributed by atoms with Gasteiger partial charge in [0.25, 0.3) is 0 Å². The highest BCUT2D eigenvalue weighted by Gasteiger charge is 2.17. The van der Waals surface area contributed by atoms with Crippen LogP contribution in [-0.2, 0) is 0 Å². The van der Waals surface area contributed by atoms with Crippen molar-refractivity contribution in [2.75, 3.05) is 12.4 Å². The van der Waals surface area contributed by atoms with Crippen LogP contribution in [0.15, 0.2) is 48.7 Å². The number of nitrogens with one attached hydrogen (secondary N) is 1. The fraction of sp³-hybridized carbons (Fsp3) is 0.118. The van der Waals surface area contributed by atoms with Gasteiger partial charge in [-0.25, -0.2) is 9.97 Å². The highest BCUT2D eigenvalue weighted by Crippen LogP contribution is 2.33. The minimum absolute atomic E-state index is 0.769. The lowest BCUT2D eigenvalue weighted by Crippen LogP contribution is -2.01. The third-order valence-corrected chi connectivity index (χ3v) is 3.80. The zero-order valence-electron chi connectivity index (χ0n) is 12.4. The average Bonchev–Trinajstić information content (AvgIpc) is 2.90. The molecule has 0 fully saturated rings. The van der Waals surface area contributed by atoms with Crippen molar-refractivity contribution in [3.63, 3.8) is 0 Å². The SMILES string of the molecule is CNc1c2ccccc2nc2c1c(C)nn2-c1ccccn1. The first-order chi connectivity index (χ1) is 10.8. The molecule has 0 spiro atoms. The van der Waals surface area contributed by atoms with Crippen LogP contribution in [0.3, 0.4) is 0 Å². The molecule has 1 aromatic carbocycles. The molecule has 4 aromatic rings. The molecule has 4 rings (SSSR count). The molecule has 3 heterocycles. The summed E-state index contributed by atoms with van der Waals surface area (Å²) in [5, 5.41) is 10.1. The molecule has 108 valence electrons. The highest BCUT2D eigenvalue weighted by molar-refractivity contribution is 6.07. The zero-order valence-corrected chi connectivity index (χ0v) is 12.4. The van der Waals surface area contributed by atoms with Crippen LogP contribution >= 0.6 is 0 Å². The number of benzene rings is 1. The molecule has 22 heavy (non-hydrogen) atoms. The average molecular weight is 289 g/mol. The Labute approximate surface area is 127 Å². The fourth-order valence-electron chi connectivity index (χ4n) is 2.84. The van der Waals surface area contributed by atoms with Crippen molar-refractivity contribution in [1.29, 1.82) is 0 Å². The van der Waals surface area contributed by atoms with Crippen LogP contribution < -0.4 is 5.32 Å². The summed E-state index contributed by atoms with van der Waals surface area (Å²) in [5.74, 6) is 0.769. The summed E-state index contributed by atoms with van der Waals surface area (Å²) >= 11 is 0. The molecule has 0 bridgehead atoms. The third-order valence-electron chi connectivity index (χ3n) is 3.80. The van der Waals surface area contributed by atoms with Gasteiger partial charge in [-0.2, -0.15) is 9.78 Å². The van der Waals surface area contributed by atoms with E-state index in [4.69, 9.17) is 4.98 Å². The van der Waals surface area contributed by atoms with Gasteiger partial charge in [0.05, 0.1) is 22.3 Å². The number of hydrogen-bond donors (Lipinski definition) is 1. The van der Waals surface area contributed by atoms with Crippen LogP contribution in [0, 0.1) is 6.92 Å². The summed E-state index contributed by atoms with van der Waals surface area (Å²) in [5.41, 5.74) is 3.75. The van der Waals surface area contributed by atoms with Crippen molar-refractivity contribution in [3.05, 3.63) is 54.4 Å². The Morgan fingerprint density at radius 1 is 1.05 bits per heavy atom. The third kappa shape index (κ3) is 1.75. The maximum atomic E-state index is 4.80. The van der Waals surface area contributed by atoms with Gasteiger partial charge in [-0.1, -0.05) is 24.3 Å². The fourth-order valence-corrected chi connectivity index (χ4v) is 2.84. The Morgan fingerprint density at radius 2 is 1.86 bits per heavy atom. The van der Waals surface area contributed by atoms with Gasteiger partial charge in [-0.15, -0.1) is 0 Å². The van der Waals surface area contributed by atoms with Crippen molar-refractivity contribution in [1.82, 2.24) is 19.7 Å². The van der Waals surface area contributed by atoms with E-state index in [-0.39, 0.29) is 0 Å². The minimum Gasteiger partial charge on any atom is -0.387 e. The number of pyridine rings is 2. The quantitative estimate of drug-likeness (QED) is 0.615. The molecule has 5 heteroatoms. The monoisotopic (exact) mass is 289 g/mol. The first kappa shape index (κ1) is 12.8. The molecule has 0 aliphatic rings. The molecular weight excluding hydrogens is 274 g/mol. The largest absolute Gasteiger partial charge is 0.387 e. The van der Waals surface area contributed by atoms with Crippen LogP contribution in [0.1, 0.15) is 5.69 Å². The summed E-state index contributed by atoms with van der Waals surface area (Å²) in [6, 6.07) is 13.9. The van der Waals surface area contributed by atoms with Crippen LogP contribution in [0.2, 0.25) is 0 Å². The minimum atomic E-state index is 0.769. The van der Waals surface area contributed by atoms with E-state index in [0.717, 1.165) is 39.1 Å². The second-order valence-corrected chi connectivity index (χ2v) is 5.14. The van der Waals surface area contributed by atoms with Gasteiger partial charge >= 0.3 is 0 Å². The lowest BCUT2D eigenvalue weighted by atomic mass is 10.1. The molecular formula is C17H15N5. The lowest BCUT2D eigenvalue weighted by molar-refractivity contribution is 0.849. The molecule has 1 N–H and O–H groups in total. The Hall–Kier alpha value is -2.95. The first-order valence-corrected chi connectivity index (χ1v) is 7.17. The maximum Gasteiger partial charge on any atom is 0.167 e. The normalized spacial score (nSPS) is 11.2. The van der Waals surface area contributed by atoms with E-state index in [1.165, 1.54) is 0 Å². The number of fused-ring (bicyclic) bond motifs is 2. The van der Waals surface area contributed by atoms with E-state index in [0.29, 0.717) is 0 Å². The second kappa shape index (κ2) is 4.80. The van der Waals surface area contributed by atoms with Gasteiger partial charge in [0, 0.05) is 18.6 Å². The Kier molecular flexibility index (Phi) is 2.79. The van der Waals surface area contributed by atoms with Gasteiger partial charge in [-0.3, -0.25) is 0 Å². The number of anilines is 1. The molecule has 0 aliphatic carbocycles. The van der Waals surface area contributed by atoms with Crippen LogP contribution in [-0.4, -0.2) is 26.8 Å². The smallest absolute Gasteiger partial charge is 0.167 e. The highest BCUT2D eigenvalue weighted by atomic mass is 15.3. The van der Waals surface area contributed by atoms with Crippen LogP contribution in [0.4, 0.5) is 5.69 Å². The molecule has 0 saturated carbocycles. The molecule has 0 saturated heterocycles. The van der Waals surface area contributed by atoms with Crippen molar-refractivity contribution < 1.29 is 0 Å². The summed E-state index contributed by atoms with van der Waals surface area (Å²) < 4.78 is 1.80. The van der Waals surface area contributed by atoms with E-state index in [1.807, 2.05) is 50.4 Å². The Balaban J connectivity index is 2.16. The summed E-state index contributed by atoms with van der Waals surface area (Å²) in [7, 11) is 1.93. The van der Waals surface area contributed by atoms with E-state index >= 15 is 0 Å². The lowest BCUT2D eigenvalue weighted by Gasteiger charge is -2.08. The number of nitrogens with zero attached hydrogens (tertiary/aromatic N) is 4. The van der Waals surface area contributed by atoms with Crippen molar-refractivity contribution in [2.45, 2.75) is 6.92 Å². The predicted octanol–water partition coefficient (Wildman–Crippen LogP) is 3.32. The zero-order chi connectivity index (χ0) is 15.1. The topological polar surface area (TPSA) is 55.6 Å². The number of para-hydroxylation sites is 1. The van der Waals surface area contributed by atoms with Gasteiger partial charge in [-0.05, 0) is 25.1 Å². The molecule has 0 aliphatic heterocycles. The van der Waals surface area contributed by atoms with Crippen LogP contribution in [0.25, 0.3) is 27.8 Å². The van der Waals surface area contributed by atoms with Gasteiger partial charge < -0.3 is 5.32 Å². The van der Waals surface area contributed by atoms with Crippen molar-refractivity contribution >= 4 is 27.6 Å². The number of hydrogen-bond acceptors (Lipinski definition) is 4. The Morgan fingerprint density at radius 3 is 2.64 bits per heavy atom. The predicted molar refractivity (Wildman–Crippen MR) is 88.4 cm³/mol. The summed E-state index contributed by atoms with van der Waals surface area (Å²) in [4.78, 5) is 9.19. The second-order valence-electron chi connectivity index (χ2n) is 5.14. The Bertz CT molecular complexity index is 973. The standard InChI is InChI=1S/C17H15N5/c1-11-15-16(18-2)12-7-3-4-8-13(12)20-17(15)22(21-11)14-9-5-6-10-19-14/h3-10H,1-2H3,(H,18,20). The molecule has 0 amide bonds. The van der Waals surface area contributed by atoms with E-state index in [2.05, 4.69) is 21.5 Å². The molecule has 5 nitrogen and oxygen atoms in total. The summed E-state index contributed by atoms with van der Waals surface area (Å²) in [6.07, 6.45) is 1.76. The number of aryl methyl sites for hydroxylation is 1. The molecule has 0 unspecified atom stereocenters. The molecule has 3 aromatic heterocycles. The summed E-state index contributed by atoms with van der Waals surface area (Å²) in [6.45, 7) is 2.00. The van der Waals surface area contributed by atoms with E-state index < -0.39 is 0 Å². The molecule has 0 radical (unpaired) electrons. The van der Waals surface area contributed by atoms with Gasteiger partial charge in [0.1, 0.15) is 0 Å². The van der Waals surface area contributed by atoms with Gasteiger partial charge in [0.15, 0.2) is 11.5 Å².